The molecule has 0 aliphatic heterocycles. The van der Waals surface area contributed by atoms with E-state index in [1.807, 2.05) is 6.07 Å². The van der Waals surface area contributed by atoms with Gasteiger partial charge < -0.3 is 0 Å². The molecule has 0 unspecified atom stereocenters. The predicted molar refractivity (Wildman–Crippen MR) is 44.3 cm³/mol. The van der Waals surface area contributed by atoms with Crippen molar-refractivity contribution in [1.29, 1.82) is 5.26 Å². The van der Waals surface area contributed by atoms with Gasteiger partial charge in [-0.2, -0.15) is 5.26 Å². The second-order valence-electron chi connectivity index (χ2n) is 1.87. The maximum atomic E-state index is 10.0. The van der Waals surface area contributed by atoms with Crippen LogP contribution < -0.4 is 0 Å². The van der Waals surface area contributed by atoms with Crippen molar-refractivity contribution in [2.75, 3.05) is 0 Å². The third-order valence-electron chi connectivity index (χ3n) is 1.18. The number of benzene rings is 1. The van der Waals surface area contributed by atoms with E-state index in [9.17, 15) is 4.91 Å². The van der Waals surface area contributed by atoms with E-state index in [4.69, 9.17) is 5.26 Å². The van der Waals surface area contributed by atoms with Gasteiger partial charge in [0.25, 0.3) is 0 Å². The fourth-order valence-corrected chi connectivity index (χ4v) is 1.11. The summed E-state index contributed by atoms with van der Waals surface area (Å²) in [5, 5.41) is 11.2. The Morgan fingerprint density at radius 3 is 2.73 bits per heavy atom. The molecule has 4 heteroatoms. The molecule has 1 aromatic carbocycles. The topological polar surface area (TPSA) is 53.2 Å². The maximum absolute atomic E-state index is 10.0. The summed E-state index contributed by atoms with van der Waals surface area (Å²) in [5.41, 5.74) is 0.813. The van der Waals surface area contributed by atoms with Gasteiger partial charge in [0.05, 0.1) is 5.56 Å². The van der Waals surface area contributed by atoms with Crippen LogP contribution in [-0.4, -0.2) is 0 Å². The zero-order chi connectivity index (χ0) is 8.27. The van der Waals surface area contributed by atoms with Crippen LogP contribution in [0.25, 0.3) is 0 Å². The van der Waals surface area contributed by atoms with Gasteiger partial charge in [-0.3, -0.25) is 0 Å². The first-order chi connectivity index (χ1) is 5.27. The van der Waals surface area contributed by atoms with Crippen molar-refractivity contribution >= 4 is 21.6 Å². The highest BCUT2D eigenvalue weighted by molar-refractivity contribution is 9.10. The van der Waals surface area contributed by atoms with E-state index in [0.717, 1.165) is 0 Å². The molecule has 0 saturated carbocycles. The summed E-state index contributed by atoms with van der Waals surface area (Å²) >= 11 is 3.13. The van der Waals surface area contributed by atoms with Crippen molar-refractivity contribution in [1.82, 2.24) is 0 Å². The van der Waals surface area contributed by atoms with Crippen molar-refractivity contribution in [2.24, 2.45) is 5.18 Å². The molecule has 0 atom stereocenters. The van der Waals surface area contributed by atoms with Crippen molar-refractivity contribution < 1.29 is 0 Å². The SMILES string of the molecule is N#Cc1ccc(N=O)cc1Br. The van der Waals surface area contributed by atoms with Crippen LogP contribution in [0.1, 0.15) is 5.56 Å². The second kappa shape index (κ2) is 3.26. The summed E-state index contributed by atoms with van der Waals surface area (Å²) in [7, 11) is 0. The third-order valence-corrected chi connectivity index (χ3v) is 1.83. The normalized spacial score (nSPS) is 8.73. The highest BCUT2D eigenvalue weighted by atomic mass is 79.9. The highest BCUT2D eigenvalue weighted by Gasteiger charge is 1.99. The van der Waals surface area contributed by atoms with Crippen LogP contribution in [0.4, 0.5) is 5.69 Å². The van der Waals surface area contributed by atoms with Crippen LogP contribution in [0.15, 0.2) is 27.8 Å². The molecule has 0 aromatic heterocycles. The lowest BCUT2D eigenvalue weighted by Crippen LogP contribution is -1.74. The smallest absolute Gasteiger partial charge is 0.109 e. The average Bonchev–Trinajstić information content (AvgIpc) is 2.04. The van der Waals surface area contributed by atoms with Crippen LogP contribution in [0.2, 0.25) is 0 Å². The quantitative estimate of drug-likeness (QED) is 0.670. The lowest BCUT2D eigenvalue weighted by Gasteiger charge is -1.92. The molecule has 0 fully saturated rings. The van der Waals surface area contributed by atoms with Crippen LogP contribution in [0.3, 0.4) is 0 Å². The first-order valence-corrected chi connectivity index (χ1v) is 3.60. The van der Waals surface area contributed by atoms with E-state index in [0.29, 0.717) is 15.7 Å². The van der Waals surface area contributed by atoms with Crippen molar-refractivity contribution in [3.05, 3.63) is 33.1 Å². The summed E-state index contributed by atoms with van der Waals surface area (Å²) in [5.74, 6) is 0. The Bertz CT molecular complexity index is 330. The first-order valence-electron chi connectivity index (χ1n) is 2.81. The Balaban J connectivity index is 3.22. The molecule has 0 saturated heterocycles. The summed E-state index contributed by atoms with van der Waals surface area (Å²) in [6.45, 7) is 0. The lowest BCUT2D eigenvalue weighted by atomic mass is 10.2. The van der Waals surface area contributed by atoms with Gasteiger partial charge >= 0.3 is 0 Å². The molecule has 0 bridgehead atoms. The van der Waals surface area contributed by atoms with E-state index in [2.05, 4.69) is 21.1 Å². The maximum Gasteiger partial charge on any atom is 0.109 e. The van der Waals surface area contributed by atoms with Gasteiger partial charge in [-0.15, -0.1) is 4.91 Å². The average molecular weight is 211 g/mol. The monoisotopic (exact) mass is 210 g/mol. The van der Waals surface area contributed by atoms with Gasteiger partial charge in [0, 0.05) is 4.47 Å². The van der Waals surface area contributed by atoms with Gasteiger partial charge in [0.1, 0.15) is 11.8 Å². The highest BCUT2D eigenvalue weighted by Crippen LogP contribution is 2.22. The number of nitriles is 1. The van der Waals surface area contributed by atoms with E-state index < -0.39 is 0 Å². The molecule has 54 valence electrons. The number of hydrogen-bond donors (Lipinski definition) is 0. The summed E-state index contributed by atoms with van der Waals surface area (Å²) in [6.07, 6.45) is 0. The Labute approximate surface area is 71.8 Å². The van der Waals surface area contributed by atoms with Crippen LogP contribution in [-0.2, 0) is 0 Å². The fourth-order valence-electron chi connectivity index (χ4n) is 0.651. The van der Waals surface area contributed by atoms with Crippen molar-refractivity contribution in [2.45, 2.75) is 0 Å². The number of nitroso groups, excluding NO2 is 1. The first kappa shape index (κ1) is 7.89. The molecule has 11 heavy (non-hydrogen) atoms. The molecule has 1 rings (SSSR count). The van der Waals surface area contributed by atoms with E-state index in [1.54, 1.807) is 6.07 Å². The fraction of sp³-hybridized carbons (Fsp3) is 0. The predicted octanol–water partition coefficient (Wildman–Crippen LogP) is 2.72. The standard InChI is InChI=1S/C7H3BrN2O/c8-7-3-6(10-11)2-1-5(7)4-9/h1-3H. The van der Waals surface area contributed by atoms with E-state index >= 15 is 0 Å². The Hall–Kier alpha value is -1.21. The minimum atomic E-state index is 0.316. The zero-order valence-electron chi connectivity index (χ0n) is 5.41. The number of rotatable bonds is 1. The minimum Gasteiger partial charge on any atom is -0.192 e. The van der Waals surface area contributed by atoms with Crippen LogP contribution in [0.5, 0.6) is 0 Å². The molecule has 1 aromatic rings. The van der Waals surface area contributed by atoms with Crippen molar-refractivity contribution in [3.8, 4) is 6.07 Å². The van der Waals surface area contributed by atoms with Crippen LogP contribution >= 0.6 is 15.9 Å². The Morgan fingerprint density at radius 2 is 2.27 bits per heavy atom. The van der Waals surface area contributed by atoms with Gasteiger partial charge in [-0.25, -0.2) is 0 Å². The van der Waals surface area contributed by atoms with Gasteiger partial charge in [0.2, 0.25) is 0 Å². The largest absolute Gasteiger partial charge is 0.192 e. The molecule has 0 aliphatic carbocycles. The molecule has 0 aliphatic rings. The number of halogens is 1. The van der Waals surface area contributed by atoms with E-state index in [1.165, 1.54) is 12.1 Å². The molecule has 0 spiro atoms. The number of nitrogens with zero attached hydrogens (tertiary/aromatic N) is 2. The van der Waals surface area contributed by atoms with Gasteiger partial charge in [-0.1, -0.05) is 0 Å². The Kier molecular flexibility index (Phi) is 2.34. The van der Waals surface area contributed by atoms with Crippen molar-refractivity contribution in [3.63, 3.8) is 0 Å². The Morgan fingerprint density at radius 1 is 1.55 bits per heavy atom. The van der Waals surface area contributed by atoms with Gasteiger partial charge in [-0.05, 0) is 39.3 Å². The second-order valence-corrected chi connectivity index (χ2v) is 2.72. The summed E-state index contributed by atoms with van der Waals surface area (Å²) < 4.78 is 0.595. The molecule has 0 N–H and O–H groups in total. The molecule has 0 amide bonds. The molecule has 3 nitrogen and oxygen atoms in total. The van der Waals surface area contributed by atoms with Gasteiger partial charge in [0.15, 0.2) is 0 Å². The summed E-state index contributed by atoms with van der Waals surface area (Å²) in [4.78, 5) is 10.0. The molecular weight excluding hydrogens is 208 g/mol. The van der Waals surface area contributed by atoms with Crippen LogP contribution in [0, 0.1) is 16.2 Å². The molecule has 0 heterocycles. The minimum absolute atomic E-state index is 0.316. The zero-order valence-corrected chi connectivity index (χ0v) is 7.00. The van der Waals surface area contributed by atoms with E-state index in [-0.39, 0.29) is 0 Å². The number of hydrogen-bond acceptors (Lipinski definition) is 3. The lowest BCUT2D eigenvalue weighted by molar-refractivity contribution is 1.43. The summed E-state index contributed by atoms with van der Waals surface area (Å²) in [6, 6.07) is 6.50. The third kappa shape index (κ3) is 1.63. The molecule has 0 radical (unpaired) electrons. The molecular formula is C7H3BrN2O.